The van der Waals surface area contributed by atoms with Crippen LogP contribution in [0.5, 0.6) is 5.75 Å². The van der Waals surface area contributed by atoms with Gasteiger partial charge in [-0.2, -0.15) is 5.26 Å². The van der Waals surface area contributed by atoms with Crippen molar-refractivity contribution in [3.63, 3.8) is 0 Å². The highest BCUT2D eigenvalue weighted by molar-refractivity contribution is 5.83. The summed E-state index contributed by atoms with van der Waals surface area (Å²) >= 11 is 0. The Balaban J connectivity index is 1.58. The fraction of sp³-hybridized carbons (Fsp3) is 0.357. The molecule has 3 aromatic rings. The van der Waals surface area contributed by atoms with Crippen LogP contribution in [0.4, 0.5) is 0 Å². The number of hydrogen-bond acceptors (Lipinski definition) is 4. The molecule has 3 fully saturated rings. The van der Waals surface area contributed by atoms with Crippen molar-refractivity contribution >= 4 is 10.9 Å². The molecule has 5 atom stereocenters. The fourth-order valence-electron chi connectivity index (χ4n) is 6.23. The molecule has 3 aliphatic heterocycles. The molecule has 1 N–H and O–H groups in total. The molecule has 168 valence electrons. The van der Waals surface area contributed by atoms with Crippen LogP contribution in [0.15, 0.2) is 67.4 Å². The molecular weight excluding hydrogens is 410 g/mol. The molecule has 5 nitrogen and oxygen atoms in total. The first-order chi connectivity index (χ1) is 16.1. The summed E-state index contributed by atoms with van der Waals surface area (Å²) in [5.41, 5.74) is 3.54. The molecule has 0 radical (unpaired) electrons. The van der Waals surface area contributed by atoms with Crippen molar-refractivity contribution in [2.24, 2.45) is 11.8 Å². The number of benzene rings is 2. The Morgan fingerprint density at radius 3 is 2.94 bits per heavy atom. The molecule has 2 aromatic carbocycles. The minimum absolute atomic E-state index is 0.0449. The third-order valence-corrected chi connectivity index (χ3v) is 7.96. The van der Waals surface area contributed by atoms with Crippen LogP contribution in [0.3, 0.4) is 0 Å². The van der Waals surface area contributed by atoms with Crippen molar-refractivity contribution in [2.75, 3.05) is 20.2 Å². The van der Waals surface area contributed by atoms with Crippen LogP contribution in [0.2, 0.25) is 0 Å². The Morgan fingerprint density at radius 2 is 2.15 bits per heavy atom. The lowest BCUT2D eigenvalue weighted by Crippen LogP contribution is -2.67. The second kappa shape index (κ2) is 8.62. The van der Waals surface area contributed by atoms with Gasteiger partial charge in [-0.25, -0.2) is 0 Å². The first-order valence-electron chi connectivity index (χ1n) is 11.7. The number of methoxy groups -OCH3 is 1. The molecular formula is C28H30N3O2+. The van der Waals surface area contributed by atoms with Gasteiger partial charge in [0.05, 0.1) is 37.3 Å². The summed E-state index contributed by atoms with van der Waals surface area (Å²) in [4.78, 5) is 4.50. The molecule has 3 saturated heterocycles. The Labute approximate surface area is 195 Å². The van der Waals surface area contributed by atoms with E-state index in [1.54, 1.807) is 13.3 Å². The van der Waals surface area contributed by atoms with Gasteiger partial charge in [0.25, 0.3) is 0 Å². The summed E-state index contributed by atoms with van der Waals surface area (Å²) < 4.78 is 6.23. The van der Waals surface area contributed by atoms with Gasteiger partial charge in [0.15, 0.2) is 0 Å². The Kier molecular flexibility index (Phi) is 5.65. The van der Waals surface area contributed by atoms with Crippen LogP contribution in [0.1, 0.15) is 35.6 Å². The van der Waals surface area contributed by atoms with Crippen molar-refractivity contribution in [1.29, 1.82) is 5.26 Å². The van der Waals surface area contributed by atoms with Gasteiger partial charge in [-0.1, -0.05) is 24.3 Å². The summed E-state index contributed by atoms with van der Waals surface area (Å²) in [7, 11) is 1.65. The van der Waals surface area contributed by atoms with E-state index in [0.29, 0.717) is 11.8 Å². The predicted octanol–water partition coefficient (Wildman–Crippen LogP) is 4.76. The number of rotatable bonds is 6. The number of nitriles is 1. The molecule has 3 aliphatic rings. The van der Waals surface area contributed by atoms with Crippen LogP contribution in [0, 0.1) is 23.2 Å². The molecule has 1 aromatic heterocycles. The van der Waals surface area contributed by atoms with Crippen molar-refractivity contribution in [3.05, 3.63) is 84.1 Å². The lowest BCUT2D eigenvalue weighted by molar-refractivity contribution is -0.985. The lowest BCUT2D eigenvalue weighted by Gasteiger charge is -2.58. The molecule has 3 unspecified atom stereocenters. The topological polar surface area (TPSA) is 66.1 Å². The number of piperidine rings is 3. The van der Waals surface area contributed by atoms with Gasteiger partial charge in [0.2, 0.25) is 0 Å². The number of nitrogens with zero attached hydrogens (tertiary/aromatic N) is 3. The standard InChI is InChI=1S/C28H30N3O2/c1-3-19-17-31(18-22-7-5-4-6-21(22)16-29)13-11-20(19)14-27(31)28(32)24-10-12-30-26-9-8-23(33-2)15-25(24)26/h3-10,12,15,19-20,27-28,32H,1,11,13-14,17-18H2,2H3/q+1/t19?,20?,27?,28-,31+/m1/s1. The zero-order valence-electron chi connectivity index (χ0n) is 19.0. The molecule has 4 heterocycles. The fourth-order valence-corrected chi connectivity index (χ4v) is 6.23. The maximum atomic E-state index is 11.9. The molecule has 6 rings (SSSR count). The van der Waals surface area contributed by atoms with Crippen molar-refractivity contribution < 1.29 is 14.3 Å². The zero-order chi connectivity index (χ0) is 23.0. The smallest absolute Gasteiger partial charge is 0.131 e. The summed E-state index contributed by atoms with van der Waals surface area (Å²) in [6.45, 7) is 6.81. The number of aliphatic hydroxyl groups excluding tert-OH is 1. The maximum Gasteiger partial charge on any atom is 0.131 e. The van der Waals surface area contributed by atoms with E-state index < -0.39 is 6.10 Å². The average molecular weight is 441 g/mol. The van der Waals surface area contributed by atoms with E-state index in [1.807, 2.05) is 42.5 Å². The van der Waals surface area contributed by atoms with E-state index in [1.165, 1.54) is 0 Å². The van der Waals surface area contributed by atoms with Gasteiger partial charge >= 0.3 is 0 Å². The van der Waals surface area contributed by atoms with E-state index in [9.17, 15) is 10.4 Å². The quantitative estimate of drug-likeness (QED) is 0.443. The second-order valence-corrected chi connectivity index (χ2v) is 9.53. The Morgan fingerprint density at radius 1 is 1.30 bits per heavy atom. The van der Waals surface area contributed by atoms with Crippen LogP contribution in [0.25, 0.3) is 10.9 Å². The summed E-state index contributed by atoms with van der Waals surface area (Å²) in [5, 5.41) is 22.5. The van der Waals surface area contributed by atoms with Crippen LogP contribution in [-0.2, 0) is 6.54 Å². The van der Waals surface area contributed by atoms with Gasteiger partial charge in [0, 0.05) is 35.9 Å². The summed E-state index contributed by atoms with van der Waals surface area (Å²) in [6, 6.07) is 18.0. The first kappa shape index (κ1) is 21.6. The lowest BCUT2D eigenvalue weighted by atomic mass is 9.71. The van der Waals surface area contributed by atoms with Crippen LogP contribution < -0.4 is 4.74 Å². The van der Waals surface area contributed by atoms with Gasteiger partial charge in [-0.3, -0.25) is 4.98 Å². The van der Waals surface area contributed by atoms with Crippen molar-refractivity contribution in [1.82, 2.24) is 4.98 Å². The molecule has 0 spiro atoms. The highest BCUT2D eigenvalue weighted by Crippen LogP contribution is 2.48. The van der Waals surface area contributed by atoms with E-state index in [-0.39, 0.29) is 6.04 Å². The molecule has 5 heteroatoms. The van der Waals surface area contributed by atoms with Gasteiger partial charge in [-0.15, -0.1) is 6.58 Å². The highest BCUT2D eigenvalue weighted by atomic mass is 16.5. The minimum Gasteiger partial charge on any atom is -0.497 e. The van der Waals surface area contributed by atoms with Gasteiger partial charge in [0.1, 0.15) is 24.4 Å². The summed E-state index contributed by atoms with van der Waals surface area (Å²) in [5.74, 6) is 1.73. The third-order valence-electron chi connectivity index (χ3n) is 7.96. The van der Waals surface area contributed by atoms with E-state index in [0.717, 1.165) is 70.3 Å². The van der Waals surface area contributed by atoms with Crippen molar-refractivity contribution in [2.45, 2.75) is 31.5 Å². The number of fused-ring (bicyclic) bond motifs is 4. The van der Waals surface area contributed by atoms with Crippen LogP contribution in [-0.4, -0.2) is 40.8 Å². The third kappa shape index (κ3) is 3.70. The number of quaternary nitrogens is 1. The first-order valence-corrected chi connectivity index (χ1v) is 11.7. The van der Waals surface area contributed by atoms with Crippen molar-refractivity contribution in [3.8, 4) is 11.8 Å². The van der Waals surface area contributed by atoms with Gasteiger partial charge in [-0.05, 0) is 41.8 Å². The molecule has 2 bridgehead atoms. The van der Waals surface area contributed by atoms with Crippen LogP contribution >= 0.6 is 0 Å². The summed E-state index contributed by atoms with van der Waals surface area (Å²) in [6.07, 6.45) is 5.32. The largest absolute Gasteiger partial charge is 0.497 e. The molecule has 33 heavy (non-hydrogen) atoms. The Bertz CT molecular complexity index is 1230. The number of hydrogen-bond donors (Lipinski definition) is 1. The van der Waals surface area contributed by atoms with E-state index >= 15 is 0 Å². The monoisotopic (exact) mass is 440 g/mol. The predicted molar refractivity (Wildman–Crippen MR) is 128 cm³/mol. The number of aliphatic hydroxyl groups is 1. The van der Waals surface area contributed by atoms with E-state index in [2.05, 4.69) is 29.8 Å². The molecule has 0 aliphatic carbocycles. The Hall–Kier alpha value is -3.20. The molecule has 0 amide bonds. The minimum atomic E-state index is -0.634. The normalized spacial score (nSPS) is 27.1. The number of aromatic nitrogens is 1. The van der Waals surface area contributed by atoms with E-state index in [4.69, 9.17) is 4.74 Å². The zero-order valence-corrected chi connectivity index (χ0v) is 19.0. The number of pyridine rings is 1. The molecule has 0 saturated carbocycles. The average Bonchev–Trinajstić information content (AvgIpc) is 2.87. The highest BCUT2D eigenvalue weighted by Gasteiger charge is 2.54. The maximum absolute atomic E-state index is 11.9. The second-order valence-electron chi connectivity index (χ2n) is 9.53. The SMILES string of the molecule is C=CC1C[N@+]2(Cc3ccccc3C#N)CCC1CC2[C@H](O)c1ccnc2ccc(OC)cc12. The number of ether oxygens (including phenoxy) is 1. The van der Waals surface area contributed by atoms with Gasteiger partial charge < -0.3 is 14.3 Å².